The Morgan fingerprint density at radius 2 is 2.00 bits per heavy atom. The average Bonchev–Trinajstić information content (AvgIpc) is 2.06. The van der Waals surface area contributed by atoms with Gasteiger partial charge in [-0.2, -0.15) is 0 Å². The van der Waals surface area contributed by atoms with Gasteiger partial charge in [0.15, 0.2) is 0 Å². The van der Waals surface area contributed by atoms with Crippen molar-refractivity contribution in [1.82, 2.24) is 0 Å². The Hall–Kier alpha value is -0.791. The molecule has 1 rings (SSSR count). The zero-order valence-electron chi connectivity index (χ0n) is 6.03. The van der Waals surface area contributed by atoms with Gasteiger partial charge in [0.2, 0.25) is 0 Å². The second-order valence-electron chi connectivity index (χ2n) is 2.19. The minimum atomic E-state index is 0.789. The van der Waals surface area contributed by atoms with Crippen molar-refractivity contribution in [2.24, 2.45) is 10.9 Å². The molecule has 57 valence electrons. The van der Waals surface area contributed by atoms with E-state index >= 15 is 0 Å². The molecule has 0 unspecified atom stereocenters. The number of hydrogen-bond acceptors (Lipinski definition) is 2. The van der Waals surface area contributed by atoms with Crippen molar-refractivity contribution >= 4 is 20.6 Å². The first-order valence-electron chi connectivity index (χ1n) is 3.30. The second-order valence-corrected chi connectivity index (χ2v) is 3.17. The summed E-state index contributed by atoms with van der Waals surface area (Å²) < 4.78 is 0.830. The summed E-state index contributed by atoms with van der Waals surface area (Å²) in [6.07, 6.45) is 0.789. The number of rotatable bonds is 2. The zero-order chi connectivity index (χ0) is 8.10. The third kappa shape index (κ3) is 2.74. The van der Waals surface area contributed by atoms with Gasteiger partial charge in [-0.3, -0.25) is 0 Å². The van der Waals surface area contributed by atoms with Crippen molar-refractivity contribution < 1.29 is 0 Å². The van der Waals surface area contributed by atoms with Crippen LogP contribution in [0.4, 0.5) is 0 Å². The Balaban J connectivity index is 2.65. The summed E-state index contributed by atoms with van der Waals surface area (Å²) in [7, 11) is 0. The summed E-state index contributed by atoms with van der Waals surface area (Å²) >= 11 is 2.80. The monoisotopic (exact) mass is 213 g/mol. The van der Waals surface area contributed by atoms with Gasteiger partial charge >= 0.3 is 73.9 Å². The molecule has 2 nitrogen and oxygen atoms in total. The molecule has 0 fully saturated rings. The molecule has 1 aromatic rings. The molecule has 11 heavy (non-hydrogen) atoms. The van der Waals surface area contributed by atoms with E-state index in [-0.39, 0.29) is 0 Å². The quantitative estimate of drug-likeness (QED) is 0.333. The summed E-state index contributed by atoms with van der Waals surface area (Å²) in [4.78, 5) is 0. The molecule has 0 aliphatic carbocycles. The van der Waals surface area contributed by atoms with Crippen LogP contribution in [0.25, 0.3) is 0 Å². The first-order valence-corrected chi connectivity index (χ1v) is 4.16. The molecule has 1 radical (unpaired) electrons. The fourth-order valence-corrected chi connectivity index (χ4v) is 1.17. The molecule has 0 aromatic heterocycles. The van der Waals surface area contributed by atoms with Crippen LogP contribution in [0.5, 0.6) is 0 Å². The normalized spacial score (nSPS) is 11.5. The topological polar surface area (TPSA) is 38.4 Å². The van der Waals surface area contributed by atoms with Crippen LogP contribution < -0.4 is 5.84 Å². The molecule has 3 heteroatoms. The van der Waals surface area contributed by atoms with Crippen LogP contribution in [0.2, 0.25) is 0 Å². The molecule has 1 aromatic carbocycles. The van der Waals surface area contributed by atoms with E-state index in [4.69, 9.17) is 5.84 Å². The van der Waals surface area contributed by atoms with Gasteiger partial charge in [0.05, 0.1) is 0 Å². The van der Waals surface area contributed by atoms with Gasteiger partial charge in [0, 0.05) is 0 Å². The Labute approximate surface area is 74.3 Å². The van der Waals surface area contributed by atoms with Crippen LogP contribution in [0.1, 0.15) is 5.56 Å². The van der Waals surface area contributed by atoms with E-state index in [0.29, 0.717) is 0 Å². The van der Waals surface area contributed by atoms with Crippen molar-refractivity contribution in [1.29, 1.82) is 0 Å². The summed E-state index contributed by atoms with van der Waals surface area (Å²) in [5.74, 6) is 5.08. The van der Waals surface area contributed by atoms with Crippen LogP contribution >= 0.6 is 0 Å². The minimum absolute atomic E-state index is 0.789. The van der Waals surface area contributed by atoms with Gasteiger partial charge in [-0.1, -0.05) is 0 Å². The summed E-state index contributed by atoms with van der Waals surface area (Å²) in [5, 5.41) is 3.54. The maximum absolute atomic E-state index is 5.08. The molecule has 0 spiro atoms. The van der Waals surface area contributed by atoms with E-state index in [1.165, 1.54) is 5.56 Å². The van der Waals surface area contributed by atoms with E-state index in [1.807, 2.05) is 30.3 Å². The third-order valence-corrected chi connectivity index (χ3v) is 1.87. The van der Waals surface area contributed by atoms with Gasteiger partial charge in [-0.25, -0.2) is 0 Å². The third-order valence-electron chi connectivity index (χ3n) is 1.34. The van der Waals surface area contributed by atoms with Crippen molar-refractivity contribution in [2.45, 2.75) is 6.42 Å². The van der Waals surface area contributed by atoms with Gasteiger partial charge in [-0.05, 0) is 0 Å². The first-order chi connectivity index (χ1) is 5.33. The summed E-state index contributed by atoms with van der Waals surface area (Å²) in [6.45, 7) is 0. The molecule has 0 aliphatic heterocycles. The van der Waals surface area contributed by atoms with Crippen LogP contribution in [0.3, 0.4) is 0 Å². The van der Waals surface area contributed by atoms with E-state index in [0.717, 1.165) is 11.0 Å². The number of hydrazone groups is 1. The molecule has 0 saturated heterocycles. The van der Waals surface area contributed by atoms with Gasteiger partial charge in [0.1, 0.15) is 0 Å². The van der Waals surface area contributed by atoms with Crippen LogP contribution in [-0.4, -0.2) is 20.6 Å². The van der Waals surface area contributed by atoms with Crippen molar-refractivity contribution in [2.75, 3.05) is 0 Å². The van der Waals surface area contributed by atoms with E-state index in [9.17, 15) is 0 Å². The number of nitrogens with two attached hydrogens (primary N) is 1. The van der Waals surface area contributed by atoms with E-state index in [1.54, 1.807) is 0 Å². The summed E-state index contributed by atoms with van der Waals surface area (Å²) in [5.41, 5.74) is 1.22. The Morgan fingerprint density at radius 1 is 1.36 bits per heavy atom. The van der Waals surface area contributed by atoms with Crippen molar-refractivity contribution in [3.05, 3.63) is 35.9 Å². The van der Waals surface area contributed by atoms with E-state index in [2.05, 4.69) is 21.1 Å². The van der Waals surface area contributed by atoms with Crippen LogP contribution in [0, 0.1) is 0 Å². The predicted octanol–water partition coefficient (Wildman–Crippen LogP) is 0.670. The standard InChI is InChI=1S/C8H9N2Se/c9-10-8(11)6-7-4-2-1-3-5-7/h1-5H,6,9H2. The average molecular weight is 212 g/mol. The van der Waals surface area contributed by atoms with Crippen LogP contribution in [-0.2, 0) is 6.42 Å². The SMILES string of the molecule is NN=C([Se])Cc1ccccc1. The van der Waals surface area contributed by atoms with E-state index < -0.39 is 0 Å². The molecule has 2 N–H and O–H groups in total. The fourth-order valence-electron chi connectivity index (χ4n) is 0.816. The predicted molar refractivity (Wildman–Crippen MR) is 47.5 cm³/mol. The van der Waals surface area contributed by atoms with Crippen molar-refractivity contribution in [3.63, 3.8) is 0 Å². The first kappa shape index (κ1) is 8.31. The molecule has 0 amide bonds. The van der Waals surface area contributed by atoms with Gasteiger partial charge in [0.25, 0.3) is 0 Å². The van der Waals surface area contributed by atoms with Crippen molar-refractivity contribution in [3.8, 4) is 0 Å². The van der Waals surface area contributed by atoms with Crippen LogP contribution in [0.15, 0.2) is 35.4 Å². The fraction of sp³-hybridized carbons (Fsp3) is 0.125. The Morgan fingerprint density at radius 3 is 2.55 bits per heavy atom. The second kappa shape index (κ2) is 4.16. The molecule has 0 atom stereocenters. The molecular formula is C8H9N2Se. The van der Waals surface area contributed by atoms with Gasteiger partial charge < -0.3 is 0 Å². The number of hydrogen-bond donors (Lipinski definition) is 1. The maximum atomic E-state index is 5.08. The molecule has 0 saturated carbocycles. The Bertz CT molecular complexity index is 244. The molecule has 0 heterocycles. The Kier molecular flexibility index (Phi) is 3.14. The van der Waals surface area contributed by atoms with Gasteiger partial charge in [-0.15, -0.1) is 0 Å². The summed E-state index contributed by atoms with van der Waals surface area (Å²) in [6, 6.07) is 10.1. The molecule has 0 aliphatic rings. The number of nitrogens with zero attached hydrogens (tertiary/aromatic N) is 1. The molecule has 0 bridgehead atoms. The molecular weight excluding hydrogens is 203 g/mol. The zero-order valence-corrected chi connectivity index (χ0v) is 7.74. The number of benzene rings is 1.